The van der Waals surface area contributed by atoms with Gasteiger partial charge in [0, 0.05) is 48.7 Å². The Morgan fingerprint density at radius 2 is 1.62 bits per heavy atom. The average Bonchev–Trinajstić information content (AvgIpc) is 3.56. The highest BCUT2D eigenvalue weighted by Crippen LogP contribution is 2.35. The van der Waals surface area contributed by atoms with Gasteiger partial charge in [-0.05, 0) is 55.2 Å². The van der Waals surface area contributed by atoms with Crippen molar-refractivity contribution in [2.24, 2.45) is 0 Å². The van der Waals surface area contributed by atoms with Gasteiger partial charge >= 0.3 is 0 Å². The number of hydrogen-bond donors (Lipinski definition) is 3. The van der Waals surface area contributed by atoms with Gasteiger partial charge in [0.2, 0.25) is 0 Å². The van der Waals surface area contributed by atoms with Gasteiger partial charge in [0.25, 0.3) is 0 Å². The number of aromatic amines is 1. The summed E-state index contributed by atoms with van der Waals surface area (Å²) in [4.78, 5) is 8.08. The summed E-state index contributed by atoms with van der Waals surface area (Å²) in [5.41, 5.74) is 3.44. The molecule has 0 unspecified atom stereocenters. The molecule has 0 saturated carbocycles. The van der Waals surface area contributed by atoms with Crippen LogP contribution in [0.3, 0.4) is 0 Å². The van der Waals surface area contributed by atoms with E-state index in [1.807, 2.05) is 4.57 Å². The molecule has 2 aliphatic rings. The first-order chi connectivity index (χ1) is 16.4. The minimum absolute atomic E-state index is 0.0585. The lowest BCUT2D eigenvalue weighted by Gasteiger charge is -2.16. The van der Waals surface area contributed by atoms with Crippen LogP contribution in [0.4, 0.5) is 17.6 Å². The number of H-pyrrole nitrogens is 1. The fraction of sp³-hybridized carbons (Fsp3) is 0.400. The summed E-state index contributed by atoms with van der Waals surface area (Å²) in [6, 6.07) is 8.85. The normalized spacial score (nSPS) is 25.2. The molecule has 4 aromatic rings. The molecule has 178 valence electrons. The molecule has 2 aromatic heterocycles. The van der Waals surface area contributed by atoms with Crippen molar-refractivity contribution >= 4 is 21.9 Å². The zero-order valence-corrected chi connectivity index (χ0v) is 18.4. The van der Waals surface area contributed by atoms with Gasteiger partial charge in [0.15, 0.2) is 5.82 Å². The van der Waals surface area contributed by atoms with E-state index in [-0.39, 0.29) is 17.9 Å². The number of nitrogens with zero attached hydrogens (tertiary/aromatic N) is 2. The molecular formula is C25H25F4N5. The van der Waals surface area contributed by atoms with Crippen LogP contribution in [0.15, 0.2) is 36.4 Å². The van der Waals surface area contributed by atoms with Crippen LogP contribution in [0.2, 0.25) is 0 Å². The predicted molar refractivity (Wildman–Crippen MR) is 123 cm³/mol. The van der Waals surface area contributed by atoms with Crippen LogP contribution in [-0.2, 0) is 13.0 Å². The second kappa shape index (κ2) is 8.39. The number of rotatable bonds is 5. The van der Waals surface area contributed by atoms with Gasteiger partial charge < -0.3 is 20.2 Å². The third kappa shape index (κ3) is 3.86. The Labute approximate surface area is 193 Å². The molecule has 4 atom stereocenters. The van der Waals surface area contributed by atoms with E-state index in [4.69, 9.17) is 4.98 Å². The number of alkyl halides is 2. The minimum Gasteiger partial charge on any atom is -0.352 e. The summed E-state index contributed by atoms with van der Waals surface area (Å²) in [7, 11) is 0. The minimum atomic E-state index is -0.908. The fourth-order valence-electron chi connectivity index (χ4n) is 5.41. The molecule has 5 nitrogen and oxygen atoms in total. The summed E-state index contributed by atoms with van der Waals surface area (Å²) in [6.45, 7) is 1.07. The van der Waals surface area contributed by atoms with Crippen molar-refractivity contribution < 1.29 is 17.6 Å². The third-order valence-electron chi connectivity index (χ3n) is 6.99. The maximum absolute atomic E-state index is 14.0. The Hall–Kier alpha value is -2.91. The van der Waals surface area contributed by atoms with Crippen LogP contribution in [0, 0.1) is 11.6 Å². The molecule has 0 radical (unpaired) electrons. The zero-order valence-electron chi connectivity index (χ0n) is 18.4. The lowest BCUT2D eigenvalue weighted by molar-refractivity contribution is 0.352. The monoisotopic (exact) mass is 471 g/mol. The van der Waals surface area contributed by atoms with Gasteiger partial charge in [-0.3, -0.25) is 0 Å². The fourth-order valence-corrected chi connectivity index (χ4v) is 5.41. The molecule has 2 aromatic carbocycles. The van der Waals surface area contributed by atoms with Crippen LogP contribution in [0.25, 0.3) is 33.5 Å². The molecule has 2 aliphatic heterocycles. The van der Waals surface area contributed by atoms with E-state index < -0.39 is 18.2 Å². The van der Waals surface area contributed by atoms with Gasteiger partial charge in [-0.15, -0.1) is 0 Å². The Morgan fingerprint density at radius 1 is 0.912 bits per heavy atom. The number of benzene rings is 2. The van der Waals surface area contributed by atoms with Crippen molar-refractivity contribution in [1.29, 1.82) is 0 Å². The highest BCUT2D eigenvalue weighted by atomic mass is 19.1. The summed E-state index contributed by atoms with van der Waals surface area (Å²) >= 11 is 0. The van der Waals surface area contributed by atoms with Crippen LogP contribution in [0.1, 0.15) is 18.4 Å². The summed E-state index contributed by atoms with van der Waals surface area (Å²) in [5, 5.41) is 7.26. The third-order valence-corrected chi connectivity index (χ3v) is 6.99. The standard InChI is InChI=1S/C25H25F4N5/c26-13-1-3-19-20(9-17-5-15(28)10-30-17)24(32-21(19)7-13)25-33-22-8-14(27)2-4-23(22)34(25)12-18-6-16(29)11-31-18/h1-4,7-8,15-18,30-32H,5-6,9-12H2/t15-,16-,17-,18-/m0/s1. The van der Waals surface area contributed by atoms with Crippen molar-refractivity contribution in [2.75, 3.05) is 13.1 Å². The first-order valence-electron chi connectivity index (χ1n) is 11.7. The zero-order chi connectivity index (χ0) is 23.4. The Balaban J connectivity index is 1.51. The quantitative estimate of drug-likeness (QED) is 0.378. The van der Waals surface area contributed by atoms with E-state index in [2.05, 4.69) is 15.6 Å². The highest BCUT2D eigenvalue weighted by Gasteiger charge is 2.29. The van der Waals surface area contributed by atoms with Gasteiger partial charge in [0.1, 0.15) is 24.0 Å². The van der Waals surface area contributed by atoms with E-state index in [0.717, 1.165) is 16.5 Å². The smallest absolute Gasteiger partial charge is 0.157 e. The second-order valence-electron chi connectivity index (χ2n) is 9.43. The first-order valence-corrected chi connectivity index (χ1v) is 11.7. The first kappa shape index (κ1) is 21.6. The van der Waals surface area contributed by atoms with Gasteiger partial charge in [0.05, 0.1) is 16.7 Å². The summed E-state index contributed by atoms with van der Waals surface area (Å²) in [5.74, 6) is -0.185. The number of hydrogen-bond acceptors (Lipinski definition) is 3. The molecule has 3 N–H and O–H groups in total. The SMILES string of the molecule is Fc1ccc2c(c1)nc(-c1[nH]c3cc(F)ccc3c1C[C@@H]1C[C@H](F)CN1)n2C[C@@H]1C[C@H](F)CN1. The van der Waals surface area contributed by atoms with E-state index in [9.17, 15) is 17.6 Å². The van der Waals surface area contributed by atoms with Crippen LogP contribution >= 0.6 is 0 Å². The van der Waals surface area contributed by atoms with Crippen LogP contribution in [-0.4, -0.2) is 52.1 Å². The molecule has 34 heavy (non-hydrogen) atoms. The maximum Gasteiger partial charge on any atom is 0.157 e. The van der Waals surface area contributed by atoms with Crippen molar-refractivity contribution in [2.45, 2.75) is 50.2 Å². The number of aromatic nitrogens is 3. The predicted octanol–water partition coefficient (Wildman–Crippen LogP) is 4.41. The molecule has 0 spiro atoms. The lowest BCUT2D eigenvalue weighted by atomic mass is 10.0. The summed E-state index contributed by atoms with van der Waals surface area (Å²) in [6.07, 6.45) is -0.485. The second-order valence-corrected chi connectivity index (χ2v) is 9.43. The average molecular weight is 472 g/mol. The van der Waals surface area contributed by atoms with E-state index in [1.54, 1.807) is 12.1 Å². The Bertz CT molecular complexity index is 1260. The molecule has 4 heterocycles. The van der Waals surface area contributed by atoms with Crippen molar-refractivity contribution in [3.63, 3.8) is 0 Å². The molecule has 9 heteroatoms. The topological polar surface area (TPSA) is 57.7 Å². The molecule has 2 saturated heterocycles. The molecule has 0 aliphatic carbocycles. The molecule has 0 bridgehead atoms. The molecular weight excluding hydrogens is 446 g/mol. The van der Waals surface area contributed by atoms with E-state index >= 15 is 0 Å². The van der Waals surface area contributed by atoms with Crippen LogP contribution in [0.5, 0.6) is 0 Å². The molecule has 2 fully saturated rings. The van der Waals surface area contributed by atoms with Crippen LogP contribution < -0.4 is 10.6 Å². The highest BCUT2D eigenvalue weighted by molar-refractivity contribution is 5.91. The van der Waals surface area contributed by atoms with Crippen molar-refractivity contribution in [1.82, 2.24) is 25.2 Å². The summed E-state index contributed by atoms with van der Waals surface area (Å²) < 4.78 is 57.8. The maximum atomic E-state index is 14.0. The largest absolute Gasteiger partial charge is 0.352 e. The Kier molecular flexibility index (Phi) is 5.33. The van der Waals surface area contributed by atoms with Gasteiger partial charge in [-0.25, -0.2) is 22.5 Å². The van der Waals surface area contributed by atoms with E-state index in [1.165, 1.54) is 24.3 Å². The van der Waals surface area contributed by atoms with Gasteiger partial charge in [-0.1, -0.05) is 0 Å². The van der Waals surface area contributed by atoms with Gasteiger partial charge in [-0.2, -0.15) is 0 Å². The molecule has 0 amide bonds. The number of imidazole rings is 1. The number of nitrogens with one attached hydrogen (secondary N) is 3. The number of fused-ring (bicyclic) bond motifs is 2. The Morgan fingerprint density at radius 3 is 2.35 bits per heavy atom. The number of halogens is 4. The van der Waals surface area contributed by atoms with Crippen molar-refractivity contribution in [3.05, 3.63) is 53.6 Å². The molecule has 6 rings (SSSR count). The van der Waals surface area contributed by atoms with E-state index in [0.29, 0.717) is 61.4 Å². The lowest BCUT2D eigenvalue weighted by Crippen LogP contribution is -2.27. The van der Waals surface area contributed by atoms with Crippen molar-refractivity contribution in [3.8, 4) is 11.5 Å².